The maximum Gasteiger partial charge on any atom is 0.261 e. The lowest BCUT2D eigenvalue weighted by molar-refractivity contribution is 0.0610. The topological polar surface area (TPSA) is 74.8 Å². The monoisotopic (exact) mass is 360 g/mol. The zero-order valence-corrected chi connectivity index (χ0v) is 14.4. The van der Waals surface area contributed by atoms with Crippen LogP contribution >= 0.6 is 0 Å². The highest BCUT2D eigenvalue weighted by atomic mass is 16.2. The van der Waals surface area contributed by atoms with Crippen molar-refractivity contribution in [3.8, 4) is 0 Å². The molecular weight excluding hydrogens is 344 g/mol. The summed E-state index contributed by atoms with van der Waals surface area (Å²) in [6.45, 7) is 0.667. The lowest BCUT2D eigenvalue weighted by atomic mass is 10.1. The molecule has 6 nitrogen and oxygen atoms in total. The summed E-state index contributed by atoms with van der Waals surface area (Å²) in [6, 6.07) is 13.6. The van der Waals surface area contributed by atoms with E-state index in [1.807, 2.05) is 0 Å². The van der Waals surface area contributed by atoms with Gasteiger partial charge in [-0.25, -0.2) is 0 Å². The lowest BCUT2D eigenvalue weighted by Crippen LogP contribution is -2.34. The number of imide groups is 2. The molecule has 134 valence electrons. The third-order valence-electron chi connectivity index (χ3n) is 5.66. The molecule has 2 heterocycles. The minimum Gasteiger partial charge on any atom is -0.274 e. The van der Waals surface area contributed by atoms with Crippen molar-refractivity contribution >= 4 is 23.6 Å². The Labute approximate surface area is 155 Å². The first-order chi connectivity index (χ1) is 13.1. The van der Waals surface area contributed by atoms with Crippen molar-refractivity contribution in [1.29, 1.82) is 0 Å². The second-order valence-corrected chi connectivity index (χ2v) is 7.29. The Hall–Kier alpha value is -3.28. The van der Waals surface area contributed by atoms with E-state index in [-0.39, 0.29) is 35.5 Å². The molecule has 0 radical (unpaired) electrons. The molecular formula is C21H16N2O4. The van der Waals surface area contributed by atoms with E-state index in [4.69, 9.17) is 0 Å². The first kappa shape index (κ1) is 15.9. The van der Waals surface area contributed by atoms with Crippen molar-refractivity contribution in [3.63, 3.8) is 0 Å². The minimum atomic E-state index is -0.262. The van der Waals surface area contributed by atoms with Crippen molar-refractivity contribution in [3.05, 3.63) is 70.8 Å². The van der Waals surface area contributed by atoms with E-state index in [1.54, 1.807) is 48.5 Å². The molecule has 2 aromatic carbocycles. The second-order valence-electron chi connectivity index (χ2n) is 7.29. The zero-order chi connectivity index (χ0) is 18.7. The molecule has 2 unspecified atom stereocenters. The van der Waals surface area contributed by atoms with Crippen molar-refractivity contribution < 1.29 is 19.2 Å². The van der Waals surface area contributed by atoms with Crippen LogP contribution in [0.4, 0.5) is 0 Å². The van der Waals surface area contributed by atoms with E-state index in [0.717, 1.165) is 6.42 Å². The highest BCUT2D eigenvalue weighted by Crippen LogP contribution is 2.42. The zero-order valence-electron chi connectivity index (χ0n) is 14.4. The molecule has 0 aromatic heterocycles. The molecule has 0 saturated heterocycles. The first-order valence-corrected chi connectivity index (χ1v) is 8.96. The van der Waals surface area contributed by atoms with E-state index >= 15 is 0 Å². The fraction of sp³-hybridized carbons (Fsp3) is 0.238. The van der Waals surface area contributed by atoms with Crippen molar-refractivity contribution in [2.24, 2.45) is 11.8 Å². The number of rotatable bonds is 4. The van der Waals surface area contributed by atoms with Crippen LogP contribution in [0.25, 0.3) is 0 Å². The average molecular weight is 360 g/mol. The van der Waals surface area contributed by atoms with Gasteiger partial charge in [0, 0.05) is 13.1 Å². The van der Waals surface area contributed by atoms with Gasteiger partial charge < -0.3 is 0 Å². The van der Waals surface area contributed by atoms with Gasteiger partial charge in [0.25, 0.3) is 23.6 Å². The van der Waals surface area contributed by atoms with Crippen LogP contribution in [0.3, 0.4) is 0 Å². The van der Waals surface area contributed by atoms with Crippen LogP contribution in [0.2, 0.25) is 0 Å². The fourth-order valence-electron chi connectivity index (χ4n) is 4.04. The van der Waals surface area contributed by atoms with E-state index in [2.05, 4.69) is 0 Å². The highest BCUT2D eigenvalue weighted by molar-refractivity contribution is 6.22. The van der Waals surface area contributed by atoms with Crippen LogP contribution < -0.4 is 0 Å². The van der Waals surface area contributed by atoms with E-state index in [9.17, 15) is 19.2 Å². The van der Waals surface area contributed by atoms with Crippen LogP contribution in [-0.2, 0) is 0 Å². The van der Waals surface area contributed by atoms with Crippen molar-refractivity contribution in [2.45, 2.75) is 6.42 Å². The summed E-state index contributed by atoms with van der Waals surface area (Å²) in [6.07, 6.45) is 0.792. The summed E-state index contributed by atoms with van der Waals surface area (Å²) in [5, 5.41) is 0. The molecule has 0 spiro atoms. The molecule has 3 aliphatic rings. The maximum absolute atomic E-state index is 12.5. The Morgan fingerprint density at radius 2 is 0.889 bits per heavy atom. The SMILES string of the molecule is O=C1c2ccccc2C(=O)N1CC1CC1CN1C(=O)c2ccccc2C1=O. The van der Waals surface area contributed by atoms with Crippen LogP contribution in [0.1, 0.15) is 47.9 Å². The standard InChI is InChI=1S/C21H16N2O4/c24-18-14-5-1-2-6-15(14)19(25)22(18)10-12-9-13(12)11-23-20(26)16-7-3-4-8-17(16)21(23)27/h1-8,12-13H,9-11H2. The van der Waals surface area contributed by atoms with Crippen LogP contribution in [0.15, 0.2) is 48.5 Å². The van der Waals surface area contributed by atoms with Gasteiger partial charge in [0.05, 0.1) is 22.3 Å². The largest absolute Gasteiger partial charge is 0.274 e. The van der Waals surface area contributed by atoms with Gasteiger partial charge in [0.15, 0.2) is 0 Å². The summed E-state index contributed by atoms with van der Waals surface area (Å²) in [5.41, 5.74) is 1.78. The number of fused-ring (bicyclic) bond motifs is 2. The molecule has 2 aliphatic heterocycles. The first-order valence-electron chi connectivity index (χ1n) is 8.96. The Morgan fingerprint density at radius 1 is 0.593 bits per heavy atom. The number of carbonyl (C=O) groups is 4. The van der Waals surface area contributed by atoms with Gasteiger partial charge in [0.1, 0.15) is 0 Å². The van der Waals surface area contributed by atoms with E-state index < -0.39 is 0 Å². The fourth-order valence-corrected chi connectivity index (χ4v) is 4.04. The van der Waals surface area contributed by atoms with E-state index in [0.29, 0.717) is 35.3 Å². The third-order valence-corrected chi connectivity index (χ3v) is 5.66. The van der Waals surface area contributed by atoms with Gasteiger partial charge in [-0.05, 0) is 42.5 Å². The molecule has 5 rings (SSSR count). The van der Waals surface area contributed by atoms with Crippen LogP contribution in [0, 0.1) is 11.8 Å². The highest BCUT2D eigenvalue weighted by Gasteiger charge is 2.47. The summed E-state index contributed by atoms with van der Waals surface area (Å²) >= 11 is 0. The molecule has 1 saturated carbocycles. The average Bonchev–Trinajstić information content (AvgIpc) is 3.34. The molecule has 0 bridgehead atoms. The Balaban J connectivity index is 1.26. The van der Waals surface area contributed by atoms with Gasteiger partial charge in [-0.1, -0.05) is 24.3 Å². The second kappa shape index (κ2) is 5.61. The minimum absolute atomic E-state index is 0.122. The van der Waals surface area contributed by atoms with Crippen molar-refractivity contribution in [1.82, 2.24) is 9.80 Å². The molecule has 2 aromatic rings. The number of nitrogens with zero attached hydrogens (tertiary/aromatic N) is 2. The summed E-state index contributed by atoms with van der Waals surface area (Å²) in [7, 11) is 0. The predicted octanol–water partition coefficient (Wildman–Crippen LogP) is 2.21. The van der Waals surface area contributed by atoms with Crippen molar-refractivity contribution in [2.75, 3.05) is 13.1 Å². The third kappa shape index (κ3) is 2.33. The van der Waals surface area contributed by atoms with Gasteiger partial charge in [-0.2, -0.15) is 0 Å². The van der Waals surface area contributed by atoms with Crippen LogP contribution in [-0.4, -0.2) is 46.5 Å². The maximum atomic E-state index is 12.5. The Kier molecular flexibility index (Phi) is 3.31. The van der Waals surface area contributed by atoms with E-state index in [1.165, 1.54) is 9.80 Å². The smallest absolute Gasteiger partial charge is 0.261 e. The molecule has 27 heavy (non-hydrogen) atoms. The Morgan fingerprint density at radius 3 is 1.19 bits per heavy atom. The number of hydrogen-bond acceptors (Lipinski definition) is 4. The molecule has 4 amide bonds. The predicted molar refractivity (Wildman–Crippen MR) is 95.2 cm³/mol. The molecule has 1 fully saturated rings. The number of hydrogen-bond donors (Lipinski definition) is 0. The molecule has 6 heteroatoms. The normalized spacial score (nSPS) is 23.1. The van der Waals surface area contributed by atoms with Gasteiger partial charge in [-0.3, -0.25) is 29.0 Å². The van der Waals surface area contributed by atoms with Gasteiger partial charge >= 0.3 is 0 Å². The number of benzene rings is 2. The number of amides is 4. The summed E-state index contributed by atoms with van der Waals surface area (Å²) in [5.74, 6) is -0.805. The lowest BCUT2D eigenvalue weighted by Gasteiger charge is -2.16. The quantitative estimate of drug-likeness (QED) is 0.784. The summed E-state index contributed by atoms with van der Waals surface area (Å²) in [4.78, 5) is 52.4. The molecule has 1 aliphatic carbocycles. The summed E-state index contributed by atoms with van der Waals surface area (Å²) < 4.78 is 0. The van der Waals surface area contributed by atoms with Gasteiger partial charge in [-0.15, -0.1) is 0 Å². The number of carbonyl (C=O) groups excluding carboxylic acids is 4. The molecule has 0 N–H and O–H groups in total. The van der Waals surface area contributed by atoms with Crippen LogP contribution in [0.5, 0.6) is 0 Å². The molecule has 2 atom stereocenters. The Bertz CT molecular complexity index is 877. The van der Waals surface area contributed by atoms with Gasteiger partial charge in [0.2, 0.25) is 0 Å².